The molecule has 114 valence electrons. The highest BCUT2D eigenvalue weighted by Crippen LogP contribution is 2.32. The van der Waals surface area contributed by atoms with Crippen molar-refractivity contribution in [2.45, 2.75) is 19.9 Å². The summed E-state index contributed by atoms with van der Waals surface area (Å²) in [5, 5.41) is 11.0. The van der Waals surface area contributed by atoms with Crippen LogP contribution in [-0.2, 0) is 4.74 Å². The van der Waals surface area contributed by atoms with E-state index in [1.165, 1.54) is 0 Å². The lowest BCUT2D eigenvalue weighted by atomic mass is 10.00. The predicted molar refractivity (Wildman–Crippen MR) is 81.0 cm³/mol. The third-order valence-corrected chi connectivity index (χ3v) is 4.60. The molecule has 6 nitrogen and oxygen atoms in total. The summed E-state index contributed by atoms with van der Waals surface area (Å²) in [4.78, 5) is 15.4. The van der Waals surface area contributed by atoms with Crippen molar-refractivity contribution in [3.63, 3.8) is 0 Å². The Morgan fingerprint density at radius 3 is 2.52 bits per heavy atom. The molecule has 0 amide bonds. The fourth-order valence-electron chi connectivity index (χ4n) is 3.08. The van der Waals surface area contributed by atoms with Crippen molar-refractivity contribution in [3.8, 4) is 0 Å². The van der Waals surface area contributed by atoms with Gasteiger partial charge in [-0.2, -0.15) is 0 Å². The van der Waals surface area contributed by atoms with Crippen molar-refractivity contribution in [2.75, 3.05) is 44.3 Å². The van der Waals surface area contributed by atoms with Crippen molar-refractivity contribution < 1.29 is 9.66 Å². The molecule has 0 unspecified atom stereocenters. The van der Waals surface area contributed by atoms with E-state index in [1.807, 2.05) is 13.8 Å². The summed E-state index contributed by atoms with van der Waals surface area (Å²) in [5.41, 5.74) is 3.31. The monoisotopic (exact) mass is 291 g/mol. The number of nitrogens with zero attached hydrogens (tertiary/aromatic N) is 3. The summed E-state index contributed by atoms with van der Waals surface area (Å²) < 4.78 is 5.38. The van der Waals surface area contributed by atoms with Gasteiger partial charge in [0, 0.05) is 50.0 Å². The van der Waals surface area contributed by atoms with E-state index in [2.05, 4.69) is 9.80 Å². The van der Waals surface area contributed by atoms with Gasteiger partial charge < -0.3 is 9.64 Å². The summed E-state index contributed by atoms with van der Waals surface area (Å²) in [6.45, 7) is 9.47. The van der Waals surface area contributed by atoms with Gasteiger partial charge in [-0.1, -0.05) is 0 Å². The van der Waals surface area contributed by atoms with Gasteiger partial charge in [0.2, 0.25) is 0 Å². The maximum absolute atomic E-state index is 11.0. The molecule has 1 aromatic carbocycles. The van der Waals surface area contributed by atoms with Crippen molar-refractivity contribution in [3.05, 3.63) is 33.4 Å². The average Bonchev–Trinajstić information content (AvgIpc) is 2.42. The van der Waals surface area contributed by atoms with E-state index in [0.717, 1.165) is 56.2 Å². The largest absolute Gasteiger partial charge is 0.379 e. The SMILES string of the molecule is Cc1cc([N+](=O)[O-])cc(N2CC(N3CCOCC3)C2)c1C. The summed E-state index contributed by atoms with van der Waals surface area (Å²) in [6.07, 6.45) is 0. The number of hydrogen-bond acceptors (Lipinski definition) is 5. The molecule has 0 radical (unpaired) electrons. The number of morpholine rings is 1. The smallest absolute Gasteiger partial charge is 0.271 e. The van der Waals surface area contributed by atoms with E-state index >= 15 is 0 Å². The van der Waals surface area contributed by atoms with Crippen LogP contribution in [-0.4, -0.2) is 55.3 Å². The van der Waals surface area contributed by atoms with Gasteiger partial charge in [0.05, 0.1) is 18.1 Å². The lowest BCUT2D eigenvalue weighted by molar-refractivity contribution is -0.384. The standard InChI is InChI=1S/C15H21N3O3/c1-11-7-13(18(19)20)8-15(12(11)2)17-9-14(10-17)16-3-5-21-6-4-16/h7-8,14H,3-6,9-10H2,1-2H3. The maximum Gasteiger partial charge on any atom is 0.271 e. The molecule has 0 aliphatic carbocycles. The van der Waals surface area contributed by atoms with Crippen LogP contribution in [0.3, 0.4) is 0 Å². The molecule has 0 atom stereocenters. The number of non-ortho nitro benzene ring substituents is 1. The van der Waals surface area contributed by atoms with E-state index < -0.39 is 0 Å². The third-order valence-electron chi connectivity index (χ3n) is 4.60. The Morgan fingerprint density at radius 2 is 1.90 bits per heavy atom. The number of rotatable bonds is 3. The Morgan fingerprint density at radius 1 is 1.24 bits per heavy atom. The van der Waals surface area contributed by atoms with Crippen molar-refractivity contribution in [2.24, 2.45) is 0 Å². The fourth-order valence-corrected chi connectivity index (χ4v) is 3.08. The molecule has 0 N–H and O–H groups in total. The van der Waals surface area contributed by atoms with E-state index in [9.17, 15) is 10.1 Å². The Balaban J connectivity index is 1.72. The van der Waals surface area contributed by atoms with Crippen LogP contribution in [0.2, 0.25) is 0 Å². The van der Waals surface area contributed by atoms with Gasteiger partial charge in [-0.15, -0.1) is 0 Å². The van der Waals surface area contributed by atoms with E-state index in [-0.39, 0.29) is 10.6 Å². The Kier molecular flexibility index (Phi) is 3.82. The van der Waals surface area contributed by atoms with Crippen LogP contribution in [0.15, 0.2) is 12.1 Å². The first-order chi connectivity index (χ1) is 10.1. The van der Waals surface area contributed by atoms with Gasteiger partial charge in [-0.05, 0) is 25.0 Å². The molecule has 0 aromatic heterocycles. The van der Waals surface area contributed by atoms with Crippen LogP contribution in [0.4, 0.5) is 11.4 Å². The molecule has 3 rings (SSSR count). The van der Waals surface area contributed by atoms with Gasteiger partial charge in [-0.25, -0.2) is 0 Å². The van der Waals surface area contributed by atoms with Crippen LogP contribution >= 0.6 is 0 Å². The lowest BCUT2D eigenvalue weighted by Crippen LogP contribution is -2.61. The van der Waals surface area contributed by atoms with Gasteiger partial charge in [-0.3, -0.25) is 15.0 Å². The Hall–Kier alpha value is -1.66. The van der Waals surface area contributed by atoms with Crippen LogP contribution in [0.5, 0.6) is 0 Å². The number of anilines is 1. The number of benzene rings is 1. The molecule has 2 fully saturated rings. The zero-order valence-corrected chi connectivity index (χ0v) is 12.5. The molecule has 1 aromatic rings. The first kappa shape index (κ1) is 14.3. The molecule has 0 spiro atoms. The first-order valence-corrected chi connectivity index (χ1v) is 7.38. The van der Waals surface area contributed by atoms with Crippen LogP contribution in [0, 0.1) is 24.0 Å². The van der Waals surface area contributed by atoms with Gasteiger partial charge in [0.15, 0.2) is 0 Å². The van der Waals surface area contributed by atoms with E-state index in [4.69, 9.17) is 4.74 Å². The second-order valence-corrected chi connectivity index (χ2v) is 5.87. The van der Waals surface area contributed by atoms with E-state index in [0.29, 0.717) is 6.04 Å². The fraction of sp³-hybridized carbons (Fsp3) is 0.600. The highest BCUT2D eigenvalue weighted by atomic mass is 16.6. The quantitative estimate of drug-likeness (QED) is 0.627. The number of nitro benzene ring substituents is 1. The highest BCUT2D eigenvalue weighted by Gasteiger charge is 2.34. The molecule has 2 saturated heterocycles. The van der Waals surface area contributed by atoms with Gasteiger partial charge >= 0.3 is 0 Å². The molecule has 2 aliphatic rings. The maximum atomic E-state index is 11.0. The second kappa shape index (κ2) is 5.61. The van der Waals surface area contributed by atoms with Gasteiger partial charge in [0.25, 0.3) is 5.69 Å². The lowest BCUT2D eigenvalue weighted by Gasteiger charge is -2.48. The first-order valence-electron chi connectivity index (χ1n) is 7.38. The van der Waals surface area contributed by atoms with Gasteiger partial charge in [0.1, 0.15) is 0 Å². The minimum absolute atomic E-state index is 0.183. The number of ether oxygens (including phenoxy) is 1. The number of hydrogen-bond donors (Lipinski definition) is 0. The van der Waals surface area contributed by atoms with Crippen molar-refractivity contribution in [1.29, 1.82) is 0 Å². The molecule has 0 saturated carbocycles. The number of aryl methyl sites for hydroxylation is 1. The third kappa shape index (κ3) is 2.73. The molecule has 0 bridgehead atoms. The van der Waals surface area contributed by atoms with Crippen molar-refractivity contribution >= 4 is 11.4 Å². The molecule has 2 aliphatic heterocycles. The molecule has 2 heterocycles. The minimum atomic E-state index is -0.310. The number of nitro groups is 1. The zero-order valence-electron chi connectivity index (χ0n) is 12.5. The summed E-state index contributed by atoms with van der Waals surface area (Å²) in [7, 11) is 0. The van der Waals surface area contributed by atoms with Crippen LogP contribution < -0.4 is 4.90 Å². The highest BCUT2D eigenvalue weighted by molar-refractivity contribution is 5.63. The predicted octanol–water partition coefficient (Wildman–Crippen LogP) is 1.73. The van der Waals surface area contributed by atoms with Crippen LogP contribution in [0.25, 0.3) is 0 Å². The Bertz CT molecular complexity index is 549. The van der Waals surface area contributed by atoms with Crippen molar-refractivity contribution in [1.82, 2.24) is 4.90 Å². The zero-order chi connectivity index (χ0) is 15.0. The van der Waals surface area contributed by atoms with E-state index in [1.54, 1.807) is 12.1 Å². The molecule has 21 heavy (non-hydrogen) atoms. The molecule has 6 heteroatoms. The van der Waals surface area contributed by atoms with Crippen LogP contribution in [0.1, 0.15) is 11.1 Å². The molecular weight excluding hydrogens is 270 g/mol. The Labute approximate surface area is 124 Å². The molecular formula is C15H21N3O3. The summed E-state index contributed by atoms with van der Waals surface area (Å²) in [5.74, 6) is 0. The normalized spacial score (nSPS) is 20.4. The summed E-state index contributed by atoms with van der Waals surface area (Å²) in [6, 6.07) is 3.91. The second-order valence-electron chi connectivity index (χ2n) is 5.87. The minimum Gasteiger partial charge on any atom is -0.379 e. The topological polar surface area (TPSA) is 58.9 Å². The summed E-state index contributed by atoms with van der Waals surface area (Å²) >= 11 is 0. The average molecular weight is 291 g/mol.